The molecule has 1 aliphatic heterocycles. The molecule has 0 bridgehead atoms. The van der Waals surface area contributed by atoms with Gasteiger partial charge in [-0.05, 0) is 51.8 Å². The van der Waals surface area contributed by atoms with Crippen LogP contribution in [0.4, 0.5) is 14.9 Å². The van der Waals surface area contributed by atoms with Gasteiger partial charge in [-0.2, -0.15) is 0 Å². The van der Waals surface area contributed by atoms with Gasteiger partial charge in [0, 0.05) is 0 Å². The lowest BCUT2D eigenvalue weighted by Crippen LogP contribution is -2.54. The standard InChI is InChI=1S/C17H10BrFN2O4/c18-11-8-9(5-6-14(11)22)7-10-15(23)20-17(25)21(16(10)24)13-4-2-1-3-12(13)19/h1-8,22H,(H,20,23,25)/b10-7-. The summed E-state index contributed by atoms with van der Waals surface area (Å²) >= 11 is 3.13. The number of benzene rings is 2. The average molecular weight is 405 g/mol. The van der Waals surface area contributed by atoms with Crippen LogP contribution in [0.5, 0.6) is 5.75 Å². The number of nitrogens with zero attached hydrogens (tertiary/aromatic N) is 1. The van der Waals surface area contributed by atoms with Crippen molar-refractivity contribution in [3.8, 4) is 5.75 Å². The van der Waals surface area contributed by atoms with Crippen LogP contribution in [0.1, 0.15) is 5.56 Å². The molecule has 2 aromatic carbocycles. The number of nitrogens with one attached hydrogen (secondary N) is 1. The zero-order valence-corrected chi connectivity index (χ0v) is 14.1. The number of hydrogen-bond acceptors (Lipinski definition) is 4. The minimum atomic E-state index is -1.02. The summed E-state index contributed by atoms with van der Waals surface area (Å²) in [6, 6.07) is 8.58. The van der Waals surface area contributed by atoms with E-state index in [4.69, 9.17) is 0 Å². The number of phenolic OH excluding ortho intramolecular Hbond substituents is 1. The Labute approximate surface area is 149 Å². The van der Waals surface area contributed by atoms with Crippen molar-refractivity contribution in [1.29, 1.82) is 0 Å². The Balaban J connectivity index is 2.05. The lowest BCUT2D eigenvalue weighted by molar-refractivity contribution is -0.122. The Bertz CT molecular complexity index is 942. The number of imide groups is 2. The highest BCUT2D eigenvalue weighted by Crippen LogP contribution is 2.27. The molecule has 4 amide bonds. The van der Waals surface area contributed by atoms with Gasteiger partial charge in [-0.15, -0.1) is 0 Å². The molecular formula is C17H10BrFN2O4. The molecule has 1 heterocycles. The Morgan fingerprint density at radius 3 is 2.52 bits per heavy atom. The predicted molar refractivity (Wildman–Crippen MR) is 91.2 cm³/mol. The van der Waals surface area contributed by atoms with Crippen molar-refractivity contribution >= 4 is 45.5 Å². The number of rotatable bonds is 2. The number of urea groups is 1. The van der Waals surface area contributed by atoms with Crippen LogP contribution in [0.3, 0.4) is 0 Å². The Hall–Kier alpha value is -3.00. The molecule has 2 N–H and O–H groups in total. The van der Waals surface area contributed by atoms with Crippen molar-refractivity contribution in [2.45, 2.75) is 0 Å². The number of hydrogen-bond donors (Lipinski definition) is 2. The third-order valence-corrected chi connectivity index (χ3v) is 4.11. The van der Waals surface area contributed by atoms with E-state index in [2.05, 4.69) is 15.9 Å². The Kier molecular flexibility index (Phi) is 4.37. The van der Waals surface area contributed by atoms with Gasteiger partial charge in [0.1, 0.15) is 17.1 Å². The van der Waals surface area contributed by atoms with Crippen LogP contribution in [0.25, 0.3) is 6.08 Å². The first kappa shape index (κ1) is 16.8. The molecule has 25 heavy (non-hydrogen) atoms. The van der Waals surface area contributed by atoms with Crippen molar-refractivity contribution in [1.82, 2.24) is 5.32 Å². The van der Waals surface area contributed by atoms with Crippen LogP contribution in [-0.2, 0) is 9.59 Å². The number of phenols is 1. The second-order valence-corrected chi connectivity index (χ2v) is 5.97. The van der Waals surface area contributed by atoms with Gasteiger partial charge in [0.05, 0.1) is 10.2 Å². The first-order valence-corrected chi connectivity index (χ1v) is 7.82. The van der Waals surface area contributed by atoms with Crippen LogP contribution in [0.15, 0.2) is 52.5 Å². The fourth-order valence-electron chi connectivity index (χ4n) is 2.29. The summed E-state index contributed by atoms with van der Waals surface area (Å²) in [5.41, 5.74) is -0.151. The van der Waals surface area contributed by atoms with E-state index in [9.17, 15) is 23.9 Å². The van der Waals surface area contributed by atoms with Gasteiger partial charge in [0.15, 0.2) is 0 Å². The van der Waals surface area contributed by atoms with E-state index in [0.29, 0.717) is 14.9 Å². The average Bonchev–Trinajstić information content (AvgIpc) is 2.56. The molecule has 0 spiro atoms. The summed E-state index contributed by atoms with van der Waals surface area (Å²) in [6.45, 7) is 0. The van der Waals surface area contributed by atoms with E-state index in [-0.39, 0.29) is 17.0 Å². The second kappa shape index (κ2) is 6.48. The molecule has 3 rings (SSSR count). The minimum absolute atomic E-state index is 0.00951. The highest BCUT2D eigenvalue weighted by Gasteiger charge is 2.37. The van der Waals surface area contributed by atoms with Crippen LogP contribution in [-0.4, -0.2) is 23.0 Å². The van der Waals surface area contributed by atoms with Gasteiger partial charge in [-0.3, -0.25) is 14.9 Å². The quantitative estimate of drug-likeness (QED) is 0.594. The minimum Gasteiger partial charge on any atom is -0.507 e. The number of amides is 4. The second-order valence-electron chi connectivity index (χ2n) is 5.12. The maximum atomic E-state index is 14.0. The number of aromatic hydroxyl groups is 1. The molecule has 126 valence electrons. The van der Waals surface area contributed by atoms with Gasteiger partial charge in [-0.25, -0.2) is 14.1 Å². The van der Waals surface area contributed by atoms with E-state index >= 15 is 0 Å². The molecule has 1 fully saturated rings. The number of carbonyl (C=O) groups is 3. The zero-order valence-electron chi connectivity index (χ0n) is 12.5. The lowest BCUT2D eigenvalue weighted by atomic mass is 10.1. The number of barbiturate groups is 1. The molecule has 1 saturated heterocycles. The van der Waals surface area contributed by atoms with Crippen molar-refractivity contribution < 1.29 is 23.9 Å². The van der Waals surface area contributed by atoms with Gasteiger partial charge < -0.3 is 5.11 Å². The van der Waals surface area contributed by atoms with Gasteiger partial charge in [-0.1, -0.05) is 18.2 Å². The highest BCUT2D eigenvalue weighted by molar-refractivity contribution is 9.10. The first-order chi connectivity index (χ1) is 11.9. The van der Waals surface area contributed by atoms with Gasteiger partial charge >= 0.3 is 6.03 Å². The Morgan fingerprint density at radius 2 is 1.84 bits per heavy atom. The largest absolute Gasteiger partial charge is 0.507 e. The van der Waals surface area contributed by atoms with Crippen LogP contribution >= 0.6 is 15.9 Å². The molecule has 0 unspecified atom stereocenters. The summed E-state index contributed by atoms with van der Waals surface area (Å²) in [4.78, 5) is 37.2. The van der Waals surface area contributed by atoms with Crippen LogP contribution in [0.2, 0.25) is 0 Å². The molecular weight excluding hydrogens is 395 g/mol. The van der Waals surface area contributed by atoms with Crippen LogP contribution < -0.4 is 10.2 Å². The molecule has 0 aliphatic carbocycles. The maximum absolute atomic E-state index is 14.0. The summed E-state index contributed by atoms with van der Waals surface area (Å²) in [5.74, 6) is -2.60. The normalized spacial score (nSPS) is 16.3. The fraction of sp³-hybridized carbons (Fsp3) is 0. The molecule has 0 radical (unpaired) electrons. The lowest BCUT2D eigenvalue weighted by Gasteiger charge is -2.26. The summed E-state index contributed by atoms with van der Waals surface area (Å²) in [6.07, 6.45) is 1.25. The highest BCUT2D eigenvalue weighted by atomic mass is 79.9. The van der Waals surface area contributed by atoms with Gasteiger partial charge in [0.25, 0.3) is 11.8 Å². The molecule has 6 nitrogen and oxygen atoms in total. The smallest absolute Gasteiger partial charge is 0.336 e. The van der Waals surface area contributed by atoms with E-state index in [1.807, 2.05) is 5.32 Å². The van der Waals surface area contributed by atoms with Crippen molar-refractivity contribution in [2.24, 2.45) is 0 Å². The Morgan fingerprint density at radius 1 is 1.12 bits per heavy atom. The van der Waals surface area contributed by atoms with Crippen LogP contribution in [0, 0.1) is 5.82 Å². The van der Waals surface area contributed by atoms with Crippen molar-refractivity contribution in [3.05, 3.63) is 63.9 Å². The monoisotopic (exact) mass is 404 g/mol. The molecule has 2 aromatic rings. The molecule has 0 saturated carbocycles. The molecule has 1 aliphatic rings. The van der Waals surface area contributed by atoms with Gasteiger partial charge in [0.2, 0.25) is 0 Å². The van der Waals surface area contributed by atoms with E-state index in [0.717, 1.165) is 6.07 Å². The van der Waals surface area contributed by atoms with Crippen molar-refractivity contribution in [3.63, 3.8) is 0 Å². The number of halogens is 2. The number of carbonyl (C=O) groups excluding carboxylic acids is 3. The molecule has 0 aromatic heterocycles. The summed E-state index contributed by atoms with van der Waals surface area (Å²) in [7, 11) is 0. The fourth-order valence-corrected chi connectivity index (χ4v) is 2.69. The third kappa shape index (κ3) is 3.16. The maximum Gasteiger partial charge on any atom is 0.336 e. The molecule has 0 atom stereocenters. The SMILES string of the molecule is O=C1NC(=O)N(c2ccccc2F)C(=O)/C1=C\c1ccc(O)c(Br)c1. The first-order valence-electron chi connectivity index (χ1n) is 7.03. The number of para-hydroxylation sites is 1. The predicted octanol–water partition coefficient (Wildman–Crippen LogP) is 2.96. The molecule has 8 heteroatoms. The summed E-state index contributed by atoms with van der Waals surface area (Å²) in [5, 5.41) is 11.5. The van der Waals surface area contributed by atoms with E-state index in [1.54, 1.807) is 0 Å². The van der Waals surface area contributed by atoms with Crippen molar-refractivity contribution in [2.75, 3.05) is 4.90 Å². The van der Waals surface area contributed by atoms with E-state index < -0.39 is 23.7 Å². The third-order valence-electron chi connectivity index (χ3n) is 3.48. The zero-order chi connectivity index (χ0) is 18.1. The topological polar surface area (TPSA) is 86.7 Å². The number of anilines is 1. The van der Waals surface area contributed by atoms with E-state index in [1.165, 1.54) is 42.5 Å². The summed E-state index contributed by atoms with van der Waals surface area (Å²) < 4.78 is 14.3.